The fraction of sp³-hybridized carbons (Fsp3) is 0.333. The summed E-state index contributed by atoms with van der Waals surface area (Å²) in [5.41, 5.74) is -0.813. The molecule has 276 valence electrons. The minimum Gasteiger partial charge on any atom is -0.464 e. The first-order chi connectivity index (χ1) is 24.7. The van der Waals surface area contributed by atoms with Crippen molar-refractivity contribution in [3.05, 3.63) is 104 Å². The summed E-state index contributed by atoms with van der Waals surface area (Å²) >= 11 is 0. The van der Waals surface area contributed by atoms with E-state index >= 15 is 0 Å². The highest BCUT2D eigenvalue weighted by Crippen LogP contribution is 2.50. The SMILES string of the molecule is C=CCOC(=O)C(N1C(=O)[C@H]([C@@H](C)O[Si](C)(C)C(C)(C)C)[C@H]1OC(=O)/C(=N/OC)C(=O)OC)=P(c1ccccc1)(c1ccccc1)c1ccccc1. The Bertz CT molecular complexity index is 1760. The largest absolute Gasteiger partial charge is 0.464 e. The second-order valence-electron chi connectivity index (χ2n) is 13.6. The smallest absolute Gasteiger partial charge is 0.370 e. The van der Waals surface area contributed by atoms with Crippen LogP contribution < -0.4 is 15.9 Å². The molecule has 1 aliphatic heterocycles. The molecular weight excluding hydrogens is 699 g/mol. The van der Waals surface area contributed by atoms with Gasteiger partial charge in [-0.3, -0.25) is 9.69 Å². The van der Waals surface area contributed by atoms with E-state index in [2.05, 4.69) is 32.5 Å². The third kappa shape index (κ3) is 7.84. The minimum atomic E-state index is -3.34. The van der Waals surface area contributed by atoms with Crippen LogP contribution in [0.3, 0.4) is 0 Å². The average molecular weight is 747 g/mol. The first-order valence-corrected chi connectivity index (χ1v) is 21.5. The molecule has 0 saturated carbocycles. The Hall–Kier alpha value is -4.77. The molecule has 4 rings (SSSR count). The normalized spacial score (nSPS) is 17.0. The fourth-order valence-electron chi connectivity index (χ4n) is 5.86. The molecule has 1 saturated heterocycles. The summed E-state index contributed by atoms with van der Waals surface area (Å²) in [6.45, 7) is 12.3. The molecule has 52 heavy (non-hydrogen) atoms. The van der Waals surface area contributed by atoms with Gasteiger partial charge in [-0.1, -0.05) is 130 Å². The lowest BCUT2D eigenvalue weighted by Gasteiger charge is -2.51. The topological polar surface area (TPSA) is 130 Å². The van der Waals surface area contributed by atoms with Crippen LogP contribution in [0.1, 0.15) is 27.7 Å². The molecule has 1 fully saturated rings. The third-order valence-electron chi connectivity index (χ3n) is 9.35. The molecule has 0 spiro atoms. The lowest BCUT2D eigenvalue weighted by Crippen LogP contribution is -2.70. The number of hydrogen-bond acceptors (Lipinski definition) is 10. The Balaban J connectivity index is 2.13. The van der Waals surface area contributed by atoms with Gasteiger partial charge in [0.15, 0.2) is 14.5 Å². The summed E-state index contributed by atoms with van der Waals surface area (Å²) in [6.07, 6.45) is -0.777. The molecule has 0 aliphatic carbocycles. The Morgan fingerprint density at radius 1 is 0.865 bits per heavy atom. The van der Waals surface area contributed by atoms with E-state index < -0.39 is 63.0 Å². The van der Waals surface area contributed by atoms with Crippen LogP contribution in [0, 0.1) is 5.92 Å². The number of amides is 1. The maximum Gasteiger partial charge on any atom is 0.370 e. The molecule has 0 radical (unpaired) electrons. The lowest BCUT2D eigenvalue weighted by atomic mass is 9.90. The van der Waals surface area contributed by atoms with Gasteiger partial charge in [-0.15, -0.1) is 0 Å². The number of ether oxygens (including phenoxy) is 3. The fourth-order valence-corrected chi connectivity index (χ4v) is 11.7. The van der Waals surface area contributed by atoms with E-state index in [4.69, 9.17) is 23.5 Å². The van der Waals surface area contributed by atoms with Gasteiger partial charge in [-0.25, -0.2) is 14.4 Å². The van der Waals surface area contributed by atoms with Gasteiger partial charge in [0, 0.05) is 6.89 Å². The summed E-state index contributed by atoms with van der Waals surface area (Å²) < 4.78 is 23.3. The number of likely N-dealkylation sites (tertiary alicyclic amines) is 1. The van der Waals surface area contributed by atoms with Crippen LogP contribution in [0.4, 0.5) is 0 Å². The van der Waals surface area contributed by atoms with Gasteiger partial charge < -0.3 is 23.5 Å². The van der Waals surface area contributed by atoms with Crippen molar-refractivity contribution in [1.29, 1.82) is 0 Å². The van der Waals surface area contributed by atoms with Gasteiger partial charge in [0.1, 0.15) is 25.1 Å². The van der Waals surface area contributed by atoms with E-state index in [1.54, 1.807) is 6.92 Å². The van der Waals surface area contributed by atoms with Crippen LogP contribution in [0.15, 0.2) is 109 Å². The zero-order valence-electron chi connectivity index (χ0n) is 30.9. The number of carbonyl (C=O) groups is 4. The van der Waals surface area contributed by atoms with Crippen molar-refractivity contribution < 1.29 is 42.7 Å². The Kier molecular flexibility index (Phi) is 12.9. The molecule has 3 aromatic carbocycles. The van der Waals surface area contributed by atoms with Crippen LogP contribution in [-0.4, -0.2) is 81.3 Å². The summed E-state index contributed by atoms with van der Waals surface area (Å²) in [5, 5.41) is 5.55. The van der Waals surface area contributed by atoms with Crippen LogP contribution in [-0.2, 0) is 42.7 Å². The first-order valence-electron chi connectivity index (χ1n) is 16.8. The lowest BCUT2D eigenvalue weighted by molar-refractivity contribution is -0.192. The molecule has 11 nitrogen and oxygen atoms in total. The third-order valence-corrected chi connectivity index (χ3v) is 18.2. The number of hydrogen-bond donors (Lipinski definition) is 0. The van der Waals surface area contributed by atoms with E-state index in [0.717, 1.165) is 30.1 Å². The number of esters is 3. The van der Waals surface area contributed by atoms with Crippen LogP contribution in [0.2, 0.25) is 18.1 Å². The molecule has 13 heteroatoms. The summed E-state index contributed by atoms with van der Waals surface area (Å²) in [6, 6.07) is 28.2. The maximum atomic E-state index is 14.9. The molecule has 1 aliphatic rings. The second-order valence-corrected chi connectivity index (χ2v) is 21.7. The average Bonchev–Trinajstić information content (AvgIpc) is 3.12. The highest BCUT2D eigenvalue weighted by Gasteiger charge is 2.59. The van der Waals surface area contributed by atoms with Crippen LogP contribution in [0.5, 0.6) is 0 Å². The Labute approximate surface area is 306 Å². The van der Waals surface area contributed by atoms with Crippen molar-refractivity contribution in [2.24, 2.45) is 11.1 Å². The molecule has 0 aromatic heterocycles. The van der Waals surface area contributed by atoms with Crippen LogP contribution >= 0.6 is 6.89 Å². The van der Waals surface area contributed by atoms with Gasteiger partial charge >= 0.3 is 17.9 Å². The number of rotatable bonds is 14. The predicted octanol–water partition coefficient (Wildman–Crippen LogP) is 4.75. The molecule has 1 heterocycles. The summed E-state index contributed by atoms with van der Waals surface area (Å²) in [5.74, 6) is -4.74. The maximum absolute atomic E-state index is 14.9. The van der Waals surface area contributed by atoms with Crippen LogP contribution in [0.25, 0.3) is 0 Å². The van der Waals surface area contributed by atoms with E-state index in [9.17, 15) is 19.2 Å². The number of carbonyl (C=O) groups excluding carboxylic acids is 4. The highest BCUT2D eigenvalue weighted by molar-refractivity contribution is 7.96. The summed E-state index contributed by atoms with van der Waals surface area (Å²) in [7, 11) is -0.244. The first kappa shape index (κ1) is 40.0. The van der Waals surface area contributed by atoms with E-state index in [0.29, 0.717) is 0 Å². The standard InChI is InChI=1S/C39H47N2O9PSi/c1-10-26-48-38(45)35(51(28-20-14-11-15-21-28,29-22-16-12-17-23-29)30-24-18-13-19-25-30)41-33(42)31(27(2)50-52(8,9)39(3,4)5)34(41)49-37(44)32(40-47-7)36(43)46-6/h10-25,27,31,34H,1,26H2,2-9H3/b40-32+/t27-,31+,34-/m1/s1. The van der Waals surface area contributed by atoms with Gasteiger partial charge in [0.2, 0.25) is 5.91 Å². The minimum absolute atomic E-state index is 0.0279. The van der Waals surface area contributed by atoms with Crippen molar-refractivity contribution in [2.45, 2.75) is 58.2 Å². The summed E-state index contributed by atoms with van der Waals surface area (Å²) in [4.78, 5) is 62.0. The van der Waals surface area contributed by atoms with Gasteiger partial charge in [-0.05, 0) is 41.0 Å². The van der Waals surface area contributed by atoms with E-state index in [-0.39, 0.29) is 17.1 Å². The molecule has 0 bridgehead atoms. The van der Waals surface area contributed by atoms with Gasteiger partial charge in [0.05, 0.1) is 13.2 Å². The highest BCUT2D eigenvalue weighted by atomic mass is 31.2. The van der Waals surface area contributed by atoms with Crippen molar-refractivity contribution in [3.63, 3.8) is 0 Å². The number of nitrogens with zero attached hydrogens (tertiary/aromatic N) is 2. The number of benzene rings is 3. The number of methoxy groups -OCH3 is 1. The van der Waals surface area contributed by atoms with Crippen molar-refractivity contribution in [2.75, 3.05) is 20.8 Å². The number of β-lactam (4-membered cyclic amide) rings is 1. The van der Waals surface area contributed by atoms with E-state index in [1.807, 2.05) is 104 Å². The van der Waals surface area contributed by atoms with Crippen molar-refractivity contribution >= 4 is 66.1 Å². The zero-order chi connectivity index (χ0) is 38.3. The van der Waals surface area contributed by atoms with Gasteiger partial charge in [0.25, 0.3) is 5.71 Å². The predicted molar refractivity (Wildman–Crippen MR) is 206 cm³/mol. The Morgan fingerprint density at radius 3 is 1.75 bits per heavy atom. The van der Waals surface area contributed by atoms with Crippen molar-refractivity contribution in [3.8, 4) is 0 Å². The molecule has 3 atom stereocenters. The zero-order valence-corrected chi connectivity index (χ0v) is 32.8. The number of oxime groups is 1. The molecule has 0 unspecified atom stereocenters. The van der Waals surface area contributed by atoms with E-state index in [1.165, 1.54) is 11.0 Å². The molecule has 3 aromatic rings. The van der Waals surface area contributed by atoms with Gasteiger partial charge in [-0.2, -0.15) is 0 Å². The molecule has 1 amide bonds. The van der Waals surface area contributed by atoms with Crippen molar-refractivity contribution in [1.82, 2.24) is 4.90 Å². The quantitative estimate of drug-likeness (QED) is 0.0264. The molecular formula is C39H47N2O9PSi. The molecule has 0 N–H and O–H groups in total. The Morgan fingerprint density at radius 2 is 1.35 bits per heavy atom. The monoisotopic (exact) mass is 746 g/mol. The second kappa shape index (κ2) is 16.7.